The Balaban J connectivity index is 2.35. The molecule has 2 aromatic rings. The average molecular weight is 248 g/mol. The van der Waals surface area contributed by atoms with E-state index in [9.17, 15) is 4.79 Å². The predicted molar refractivity (Wildman–Crippen MR) is 67.9 cm³/mol. The largest absolute Gasteiger partial charge is 0.465 e. The van der Waals surface area contributed by atoms with Crippen molar-refractivity contribution in [3.8, 4) is 0 Å². The SMILES string of the molecule is COC(=O)c1cc(C)ccc1Nc1nccs1. The van der Waals surface area contributed by atoms with Gasteiger partial charge in [0, 0.05) is 11.6 Å². The summed E-state index contributed by atoms with van der Waals surface area (Å²) in [4.78, 5) is 15.8. The fourth-order valence-electron chi connectivity index (χ4n) is 1.45. The summed E-state index contributed by atoms with van der Waals surface area (Å²) in [6.45, 7) is 1.93. The second kappa shape index (κ2) is 4.97. The molecule has 0 unspecified atom stereocenters. The summed E-state index contributed by atoms with van der Waals surface area (Å²) in [5.74, 6) is -0.354. The van der Waals surface area contributed by atoms with Crippen molar-refractivity contribution in [1.29, 1.82) is 0 Å². The van der Waals surface area contributed by atoms with E-state index in [0.717, 1.165) is 10.7 Å². The second-order valence-electron chi connectivity index (χ2n) is 3.50. The highest BCUT2D eigenvalue weighted by Crippen LogP contribution is 2.23. The van der Waals surface area contributed by atoms with Crippen LogP contribution in [0.15, 0.2) is 29.8 Å². The number of methoxy groups -OCH3 is 1. The lowest BCUT2D eigenvalue weighted by Crippen LogP contribution is -2.05. The lowest BCUT2D eigenvalue weighted by molar-refractivity contribution is 0.0602. The topological polar surface area (TPSA) is 51.2 Å². The standard InChI is InChI=1S/C12H12N2O2S/c1-8-3-4-10(9(7-8)11(15)16-2)14-12-13-5-6-17-12/h3-7H,1-2H3,(H,13,14). The van der Waals surface area contributed by atoms with Crippen LogP contribution in [0.4, 0.5) is 10.8 Å². The predicted octanol–water partition coefficient (Wildman–Crippen LogP) is 2.98. The van der Waals surface area contributed by atoms with Crippen molar-refractivity contribution in [2.45, 2.75) is 6.92 Å². The number of hydrogen-bond acceptors (Lipinski definition) is 5. The summed E-state index contributed by atoms with van der Waals surface area (Å²) in [6.07, 6.45) is 1.71. The highest BCUT2D eigenvalue weighted by molar-refractivity contribution is 7.13. The molecule has 0 saturated carbocycles. The van der Waals surface area contributed by atoms with E-state index in [0.29, 0.717) is 11.3 Å². The zero-order valence-electron chi connectivity index (χ0n) is 9.56. The molecule has 4 nitrogen and oxygen atoms in total. The Morgan fingerprint density at radius 3 is 2.94 bits per heavy atom. The van der Waals surface area contributed by atoms with Crippen molar-refractivity contribution in [2.75, 3.05) is 12.4 Å². The minimum atomic E-state index is -0.354. The van der Waals surface area contributed by atoms with Gasteiger partial charge in [-0.1, -0.05) is 11.6 Å². The number of esters is 1. The first-order valence-electron chi connectivity index (χ1n) is 5.06. The summed E-state index contributed by atoms with van der Waals surface area (Å²) in [7, 11) is 1.37. The first-order chi connectivity index (χ1) is 8.20. The number of benzene rings is 1. The maximum atomic E-state index is 11.6. The molecule has 2 rings (SSSR count). The number of rotatable bonds is 3. The fourth-order valence-corrected chi connectivity index (χ4v) is 1.99. The van der Waals surface area contributed by atoms with Gasteiger partial charge in [0.15, 0.2) is 5.13 Å². The van der Waals surface area contributed by atoms with E-state index in [1.165, 1.54) is 18.4 Å². The van der Waals surface area contributed by atoms with E-state index in [-0.39, 0.29) is 5.97 Å². The number of hydrogen-bond donors (Lipinski definition) is 1. The molecule has 1 heterocycles. The molecule has 0 fully saturated rings. The quantitative estimate of drug-likeness (QED) is 0.848. The van der Waals surface area contributed by atoms with Crippen molar-refractivity contribution < 1.29 is 9.53 Å². The van der Waals surface area contributed by atoms with Gasteiger partial charge in [0.1, 0.15) is 0 Å². The number of nitrogens with one attached hydrogen (secondary N) is 1. The van der Waals surface area contributed by atoms with E-state index in [1.807, 2.05) is 24.4 Å². The molecule has 0 bridgehead atoms. The maximum absolute atomic E-state index is 11.6. The number of carbonyl (C=O) groups excluding carboxylic acids is 1. The monoisotopic (exact) mass is 248 g/mol. The Labute approximate surface area is 103 Å². The van der Waals surface area contributed by atoms with Crippen molar-refractivity contribution in [3.63, 3.8) is 0 Å². The van der Waals surface area contributed by atoms with Crippen molar-refractivity contribution in [1.82, 2.24) is 4.98 Å². The molecule has 0 aliphatic carbocycles. The van der Waals surface area contributed by atoms with Gasteiger partial charge in [-0.05, 0) is 19.1 Å². The number of thiazole rings is 1. The van der Waals surface area contributed by atoms with Crippen LogP contribution in [0, 0.1) is 6.92 Å². The minimum absolute atomic E-state index is 0.354. The molecule has 1 aromatic heterocycles. The van der Waals surface area contributed by atoms with E-state index < -0.39 is 0 Å². The van der Waals surface area contributed by atoms with E-state index in [4.69, 9.17) is 4.74 Å². The van der Waals surface area contributed by atoms with Crippen LogP contribution in [0.2, 0.25) is 0 Å². The number of ether oxygens (including phenoxy) is 1. The van der Waals surface area contributed by atoms with Gasteiger partial charge >= 0.3 is 5.97 Å². The van der Waals surface area contributed by atoms with Gasteiger partial charge < -0.3 is 10.1 Å². The van der Waals surface area contributed by atoms with Crippen molar-refractivity contribution >= 4 is 28.1 Å². The van der Waals surface area contributed by atoms with Crippen LogP contribution < -0.4 is 5.32 Å². The molecule has 0 saturated heterocycles. The molecule has 1 aromatic carbocycles. The highest BCUT2D eigenvalue weighted by atomic mass is 32.1. The van der Waals surface area contributed by atoms with Crippen LogP contribution in [0.5, 0.6) is 0 Å². The Kier molecular flexibility index (Phi) is 3.39. The van der Waals surface area contributed by atoms with Crippen LogP contribution in [-0.4, -0.2) is 18.1 Å². The van der Waals surface area contributed by atoms with E-state index in [2.05, 4.69) is 10.3 Å². The lowest BCUT2D eigenvalue weighted by Gasteiger charge is -2.09. The van der Waals surface area contributed by atoms with Crippen LogP contribution in [0.1, 0.15) is 15.9 Å². The molecule has 1 N–H and O–H groups in total. The van der Waals surface area contributed by atoms with Crippen molar-refractivity contribution in [3.05, 3.63) is 40.9 Å². The third-order valence-electron chi connectivity index (χ3n) is 2.25. The summed E-state index contributed by atoms with van der Waals surface area (Å²) in [5.41, 5.74) is 2.23. The van der Waals surface area contributed by atoms with Gasteiger partial charge in [-0.25, -0.2) is 9.78 Å². The Hall–Kier alpha value is -1.88. The van der Waals surface area contributed by atoms with Gasteiger partial charge in [0.05, 0.1) is 18.4 Å². The Bertz CT molecular complexity index is 523. The summed E-state index contributed by atoms with van der Waals surface area (Å²) in [6, 6.07) is 5.58. The van der Waals surface area contributed by atoms with Gasteiger partial charge in [0.2, 0.25) is 0 Å². The summed E-state index contributed by atoms with van der Waals surface area (Å²) in [5, 5.41) is 5.72. The number of nitrogens with zero attached hydrogens (tertiary/aromatic N) is 1. The van der Waals surface area contributed by atoms with Gasteiger partial charge in [0.25, 0.3) is 0 Å². The number of anilines is 2. The third-order valence-corrected chi connectivity index (χ3v) is 2.94. The number of aryl methyl sites for hydroxylation is 1. The second-order valence-corrected chi connectivity index (χ2v) is 4.40. The Morgan fingerprint density at radius 1 is 1.47 bits per heavy atom. The van der Waals surface area contributed by atoms with Gasteiger partial charge in [-0.3, -0.25) is 0 Å². The number of carbonyl (C=O) groups is 1. The van der Waals surface area contributed by atoms with Gasteiger partial charge in [-0.15, -0.1) is 11.3 Å². The molecular weight excluding hydrogens is 236 g/mol. The smallest absolute Gasteiger partial charge is 0.339 e. The van der Waals surface area contributed by atoms with Crippen LogP contribution in [0.25, 0.3) is 0 Å². The molecule has 0 spiro atoms. The van der Waals surface area contributed by atoms with Gasteiger partial charge in [-0.2, -0.15) is 0 Å². The lowest BCUT2D eigenvalue weighted by atomic mass is 10.1. The molecule has 5 heteroatoms. The first-order valence-corrected chi connectivity index (χ1v) is 5.94. The zero-order chi connectivity index (χ0) is 12.3. The van der Waals surface area contributed by atoms with Crippen LogP contribution >= 0.6 is 11.3 Å². The average Bonchev–Trinajstić information content (AvgIpc) is 2.83. The molecule has 17 heavy (non-hydrogen) atoms. The highest BCUT2D eigenvalue weighted by Gasteiger charge is 2.12. The van der Waals surface area contributed by atoms with Crippen molar-refractivity contribution in [2.24, 2.45) is 0 Å². The first kappa shape index (κ1) is 11.6. The molecule has 0 amide bonds. The van der Waals surface area contributed by atoms with Crippen LogP contribution in [-0.2, 0) is 4.74 Å². The Morgan fingerprint density at radius 2 is 2.29 bits per heavy atom. The normalized spacial score (nSPS) is 10.0. The van der Waals surface area contributed by atoms with E-state index in [1.54, 1.807) is 12.3 Å². The molecule has 0 aliphatic heterocycles. The summed E-state index contributed by atoms with van der Waals surface area (Å²) >= 11 is 1.48. The molecule has 0 atom stereocenters. The van der Waals surface area contributed by atoms with Crippen LogP contribution in [0.3, 0.4) is 0 Å². The minimum Gasteiger partial charge on any atom is -0.465 e. The van der Waals surface area contributed by atoms with E-state index >= 15 is 0 Å². The summed E-state index contributed by atoms with van der Waals surface area (Å²) < 4.78 is 4.76. The molecule has 0 aliphatic rings. The fraction of sp³-hybridized carbons (Fsp3) is 0.167. The third kappa shape index (κ3) is 2.62. The molecule has 0 radical (unpaired) electrons. The molecule has 88 valence electrons. The number of aromatic nitrogens is 1. The zero-order valence-corrected chi connectivity index (χ0v) is 10.4. The maximum Gasteiger partial charge on any atom is 0.339 e. The molecular formula is C12H12N2O2S.